The number of methoxy groups -OCH3 is 2. The second-order valence-corrected chi connectivity index (χ2v) is 7.29. The molecule has 0 spiro atoms. The second-order valence-electron chi connectivity index (χ2n) is 7.29. The highest BCUT2D eigenvalue weighted by molar-refractivity contribution is 5.77. The first kappa shape index (κ1) is 20.4. The highest BCUT2D eigenvalue weighted by Crippen LogP contribution is 2.33. The van der Waals surface area contributed by atoms with Crippen molar-refractivity contribution in [3.63, 3.8) is 0 Å². The molecule has 11 heteroatoms. The zero-order chi connectivity index (χ0) is 22.8. The van der Waals surface area contributed by atoms with Crippen LogP contribution in [0, 0.1) is 0 Å². The largest absolute Gasteiger partial charge is 0.497 e. The van der Waals surface area contributed by atoms with E-state index in [0.29, 0.717) is 40.7 Å². The second kappa shape index (κ2) is 8.54. The molecule has 1 N–H and O–H groups in total. The van der Waals surface area contributed by atoms with Crippen LogP contribution in [0.5, 0.6) is 11.5 Å². The molecule has 0 radical (unpaired) electrons. The number of hydrogen-bond acceptors (Lipinski definition) is 9. The molecule has 0 amide bonds. The highest BCUT2D eigenvalue weighted by Gasteiger charge is 2.17. The lowest BCUT2D eigenvalue weighted by atomic mass is 10.2. The third kappa shape index (κ3) is 4.15. The normalized spacial score (nSPS) is 11.0. The van der Waals surface area contributed by atoms with Crippen molar-refractivity contribution in [2.24, 2.45) is 7.05 Å². The summed E-state index contributed by atoms with van der Waals surface area (Å²) in [6.45, 7) is 0.418. The number of aromatic amines is 1. The Bertz CT molecular complexity index is 1380. The van der Waals surface area contributed by atoms with Crippen LogP contribution in [0.15, 0.2) is 55.1 Å². The average molecular weight is 443 g/mol. The molecule has 5 rings (SSSR count). The first-order valence-corrected chi connectivity index (χ1v) is 10.1. The Labute approximate surface area is 189 Å². The topological polar surface area (TPSA) is 120 Å². The molecule has 0 unspecified atom stereocenters. The molecule has 0 saturated heterocycles. The fraction of sp³-hybridized carbons (Fsp3) is 0.182. The summed E-state index contributed by atoms with van der Waals surface area (Å²) in [5.74, 6) is 1.99. The maximum atomic E-state index is 5.46. The molecule has 0 saturated carbocycles. The molecular formula is C22H21N9O2. The van der Waals surface area contributed by atoms with E-state index in [-0.39, 0.29) is 0 Å². The summed E-state index contributed by atoms with van der Waals surface area (Å²) < 4.78 is 12.7. The minimum atomic E-state index is 0.418. The van der Waals surface area contributed by atoms with Crippen LogP contribution in [-0.4, -0.2) is 54.4 Å². The van der Waals surface area contributed by atoms with E-state index in [2.05, 4.69) is 25.5 Å². The minimum Gasteiger partial charge on any atom is -0.497 e. The van der Waals surface area contributed by atoms with Gasteiger partial charge in [-0.2, -0.15) is 5.10 Å². The Morgan fingerprint density at radius 2 is 1.85 bits per heavy atom. The number of aromatic nitrogens is 8. The summed E-state index contributed by atoms with van der Waals surface area (Å²) in [5.41, 5.74) is 4.35. The molecule has 33 heavy (non-hydrogen) atoms. The zero-order valence-electron chi connectivity index (χ0n) is 18.3. The summed E-state index contributed by atoms with van der Waals surface area (Å²) >= 11 is 0. The van der Waals surface area contributed by atoms with Gasteiger partial charge in [-0.25, -0.2) is 9.97 Å². The van der Waals surface area contributed by atoms with Crippen molar-refractivity contribution in [1.82, 2.24) is 40.1 Å². The fourth-order valence-electron chi connectivity index (χ4n) is 3.45. The number of pyridine rings is 1. The first-order chi connectivity index (χ1) is 16.1. The molecule has 0 aliphatic carbocycles. The van der Waals surface area contributed by atoms with Crippen LogP contribution in [0.4, 0.5) is 11.5 Å². The van der Waals surface area contributed by atoms with Crippen molar-refractivity contribution < 1.29 is 9.47 Å². The number of benzene rings is 1. The van der Waals surface area contributed by atoms with Gasteiger partial charge in [-0.3, -0.25) is 14.8 Å². The van der Waals surface area contributed by atoms with Gasteiger partial charge < -0.3 is 14.4 Å². The summed E-state index contributed by atoms with van der Waals surface area (Å²) in [6, 6.07) is 9.42. The number of H-pyrrole nitrogens is 1. The van der Waals surface area contributed by atoms with E-state index in [1.54, 1.807) is 37.5 Å². The molecule has 0 bridgehead atoms. The lowest BCUT2D eigenvalue weighted by Crippen LogP contribution is -2.18. The fourth-order valence-corrected chi connectivity index (χ4v) is 3.45. The van der Waals surface area contributed by atoms with Crippen molar-refractivity contribution in [1.29, 1.82) is 0 Å². The van der Waals surface area contributed by atoms with Crippen LogP contribution in [-0.2, 0) is 13.6 Å². The summed E-state index contributed by atoms with van der Waals surface area (Å²) in [5, 5.41) is 14.9. The van der Waals surface area contributed by atoms with Crippen LogP contribution in [0.2, 0.25) is 0 Å². The third-order valence-corrected chi connectivity index (χ3v) is 5.10. The Morgan fingerprint density at radius 3 is 2.52 bits per heavy atom. The van der Waals surface area contributed by atoms with Crippen molar-refractivity contribution >= 4 is 22.7 Å². The highest BCUT2D eigenvalue weighted by atomic mass is 16.5. The third-order valence-electron chi connectivity index (χ3n) is 5.10. The van der Waals surface area contributed by atoms with E-state index in [4.69, 9.17) is 19.4 Å². The van der Waals surface area contributed by atoms with Crippen LogP contribution < -0.4 is 14.4 Å². The van der Waals surface area contributed by atoms with Crippen molar-refractivity contribution in [2.45, 2.75) is 6.54 Å². The SMILES string of the molecule is COc1cc(OC)cc(N(Cc2c[nH]nn2)c2ccc3ncc(-c4cnn(C)c4)nc3n2)c1. The Hall–Kier alpha value is -4.54. The number of aryl methyl sites for hydroxylation is 1. The van der Waals surface area contributed by atoms with Crippen LogP contribution in [0.1, 0.15) is 5.69 Å². The van der Waals surface area contributed by atoms with Gasteiger partial charge in [0.15, 0.2) is 5.65 Å². The van der Waals surface area contributed by atoms with Crippen LogP contribution in [0.25, 0.3) is 22.4 Å². The lowest BCUT2D eigenvalue weighted by molar-refractivity contribution is 0.394. The predicted molar refractivity (Wildman–Crippen MR) is 121 cm³/mol. The van der Waals surface area contributed by atoms with E-state index < -0.39 is 0 Å². The van der Waals surface area contributed by atoms with E-state index in [0.717, 1.165) is 16.9 Å². The predicted octanol–water partition coefficient (Wildman–Crippen LogP) is 2.90. The molecule has 4 aromatic heterocycles. The number of rotatable bonds is 7. The number of hydrogen-bond donors (Lipinski definition) is 1. The van der Waals surface area contributed by atoms with Gasteiger partial charge in [-0.05, 0) is 12.1 Å². The molecule has 0 fully saturated rings. The summed E-state index contributed by atoms with van der Waals surface area (Å²) in [4.78, 5) is 16.1. The molecule has 1 aromatic carbocycles. The molecule has 11 nitrogen and oxygen atoms in total. The smallest absolute Gasteiger partial charge is 0.180 e. The molecule has 4 heterocycles. The van der Waals surface area contributed by atoms with E-state index in [9.17, 15) is 0 Å². The maximum Gasteiger partial charge on any atom is 0.180 e. The van der Waals surface area contributed by atoms with Gasteiger partial charge in [0.2, 0.25) is 0 Å². The number of nitrogens with one attached hydrogen (secondary N) is 1. The van der Waals surface area contributed by atoms with Crippen LogP contribution in [0.3, 0.4) is 0 Å². The van der Waals surface area contributed by atoms with Gasteiger partial charge in [0, 0.05) is 43.2 Å². The van der Waals surface area contributed by atoms with E-state index in [1.165, 1.54) is 0 Å². The maximum absolute atomic E-state index is 5.46. The monoisotopic (exact) mass is 443 g/mol. The molecule has 5 aromatic rings. The number of anilines is 2. The molecule has 0 aliphatic rings. The van der Waals surface area contributed by atoms with Crippen molar-refractivity contribution in [3.05, 3.63) is 60.8 Å². The molecule has 0 atom stereocenters. The average Bonchev–Trinajstić information content (AvgIpc) is 3.53. The number of fused-ring (bicyclic) bond motifs is 1. The standard InChI is InChI=1S/C22H21N9O2/c1-30-12-14(9-25-30)20-11-23-19-4-5-21(27-22(19)26-20)31(13-15-10-24-29-28-15)16-6-17(32-2)8-18(7-16)33-3/h4-12H,13H2,1-3H3,(H,24,28,29). The van der Waals surface area contributed by atoms with Crippen LogP contribution >= 0.6 is 0 Å². The Balaban J connectivity index is 1.61. The van der Waals surface area contributed by atoms with E-state index in [1.807, 2.05) is 48.5 Å². The van der Waals surface area contributed by atoms with Gasteiger partial charge in [-0.15, -0.1) is 5.10 Å². The Morgan fingerprint density at radius 1 is 1.03 bits per heavy atom. The molecular weight excluding hydrogens is 422 g/mol. The van der Waals surface area contributed by atoms with Crippen molar-refractivity contribution in [2.75, 3.05) is 19.1 Å². The number of nitrogens with zero attached hydrogens (tertiary/aromatic N) is 8. The van der Waals surface area contributed by atoms with Gasteiger partial charge in [0.1, 0.15) is 28.5 Å². The summed E-state index contributed by atoms with van der Waals surface area (Å²) in [7, 11) is 5.09. The van der Waals surface area contributed by atoms with Gasteiger partial charge >= 0.3 is 0 Å². The van der Waals surface area contributed by atoms with Gasteiger partial charge in [0.05, 0.1) is 44.5 Å². The first-order valence-electron chi connectivity index (χ1n) is 10.1. The van der Waals surface area contributed by atoms with Gasteiger partial charge in [-0.1, -0.05) is 5.21 Å². The Kier molecular flexibility index (Phi) is 5.27. The minimum absolute atomic E-state index is 0.418. The molecule has 0 aliphatic heterocycles. The zero-order valence-corrected chi connectivity index (χ0v) is 18.3. The lowest BCUT2D eigenvalue weighted by Gasteiger charge is -2.24. The quantitative estimate of drug-likeness (QED) is 0.405. The van der Waals surface area contributed by atoms with Crippen molar-refractivity contribution in [3.8, 4) is 22.8 Å². The molecule has 166 valence electrons. The number of ether oxygens (including phenoxy) is 2. The van der Waals surface area contributed by atoms with E-state index >= 15 is 0 Å². The summed E-state index contributed by atoms with van der Waals surface area (Å²) in [6.07, 6.45) is 7.10. The van der Waals surface area contributed by atoms with Gasteiger partial charge in [0.25, 0.3) is 0 Å².